The van der Waals surface area contributed by atoms with Crippen LogP contribution < -0.4 is 10.6 Å². The van der Waals surface area contributed by atoms with Crippen molar-refractivity contribution in [1.82, 2.24) is 14.9 Å². The Morgan fingerprint density at radius 3 is 2.18 bits per heavy atom. The lowest BCUT2D eigenvalue weighted by Gasteiger charge is -2.45. The van der Waals surface area contributed by atoms with Gasteiger partial charge in [0.15, 0.2) is 0 Å². The van der Waals surface area contributed by atoms with Gasteiger partial charge in [0.2, 0.25) is 0 Å². The van der Waals surface area contributed by atoms with E-state index < -0.39 is 34.1 Å². The molecule has 1 aromatic heterocycles. The normalized spacial score (nSPS) is 19.1. The van der Waals surface area contributed by atoms with E-state index in [-0.39, 0.29) is 47.5 Å². The molecule has 2 unspecified atom stereocenters. The molecule has 1 amide bonds. The first-order valence-electron chi connectivity index (χ1n) is 11.2. The number of benzene rings is 1. The maximum absolute atomic E-state index is 13.6. The number of hydrogen-bond acceptors (Lipinski definition) is 5. The summed E-state index contributed by atoms with van der Waals surface area (Å²) in [7, 11) is 0. The van der Waals surface area contributed by atoms with Gasteiger partial charge in [-0.15, -0.1) is 0 Å². The molecule has 34 heavy (non-hydrogen) atoms. The molecule has 1 fully saturated rings. The highest BCUT2D eigenvalue weighted by molar-refractivity contribution is 6.33. The molecule has 2 heterocycles. The van der Waals surface area contributed by atoms with Crippen molar-refractivity contribution >= 4 is 34.4 Å². The third-order valence-electron chi connectivity index (χ3n) is 5.31. The van der Waals surface area contributed by atoms with E-state index in [1.165, 1.54) is 6.92 Å². The van der Waals surface area contributed by atoms with E-state index in [9.17, 15) is 22.8 Å². The molecule has 11 heteroatoms. The number of hydrogen-bond donors (Lipinski definition) is 1. The molecule has 2 aromatic rings. The summed E-state index contributed by atoms with van der Waals surface area (Å²) in [5, 5.41) is -0.321. The molecule has 3 rings (SSSR count). The number of ether oxygens (including phenoxy) is 1. The molecule has 1 aliphatic heterocycles. The predicted octanol–water partition coefficient (Wildman–Crippen LogP) is 5.76. The minimum Gasteiger partial charge on any atom is -0.444 e. The Hall–Kier alpha value is -2.49. The van der Waals surface area contributed by atoms with Gasteiger partial charge in [-0.1, -0.05) is 25.4 Å². The van der Waals surface area contributed by atoms with Crippen LogP contribution in [-0.4, -0.2) is 51.7 Å². The van der Waals surface area contributed by atoms with Crippen LogP contribution in [0.4, 0.5) is 23.8 Å². The van der Waals surface area contributed by atoms with Crippen LogP contribution in [0.25, 0.3) is 10.9 Å². The third-order valence-corrected chi connectivity index (χ3v) is 5.79. The van der Waals surface area contributed by atoms with Crippen LogP contribution >= 0.6 is 11.6 Å². The van der Waals surface area contributed by atoms with Crippen LogP contribution in [0.15, 0.2) is 10.9 Å². The Morgan fingerprint density at radius 1 is 1.18 bits per heavy atom. The maximum atomic E-state index is 13.6. The van der Waals surface area contributed by atoms with Crippen LogP contribution in [-0.2, 0) is 10.9 Å². The van der Waals surface area contributed by atoms with Gasteiger partial charge >= 0.3 is 18.0 Å². The van der Waals surface area contributed by atoms with Gasteiger partial charge in [0.1, 0.15) is 11.4 Å². The smallest absolute Gasteiger partial charge is 0.417 e. The van der Waals surface area contributed by atoms with Gasteiger partial charge in [0.25, 0.3) is 0 Å². The first-order valence-corrected chi connectivity index (χ1v) is 11.5. The van der Waals surface area contributed by atoms with E-state index in [1.54, 1.807) is 30.6 Å². The quantitative estimate of drug-likeness (QED) is 0.534. The highest BCUT2D eigenvalue weighted by atomic mass is 35.5. The zero-order valence-corrected chi connectivity index (χ0v) is 21.5. The first kappa shape index (κ1) is 27.8. The van der Waals surface area contributed by atoms with Crippen molar-refractivity contribution in [2.75, 3.05) is 18.0 Å². The number of piperazine rings is 1. The summed E-state index contributed by atoms with van der Waals surface area (Å²) in [5.74, 6) is 0.122. The van der Waals surface area contributed by atoms with E-state index >= 15 is 0 Å². The standard InChI is InChI=1S/C21H26ClF3N4O3.C2H6/c1-10-8-28(9-11(2)29(10)19(31)32-20(4,5)6)17-13-7-14(21(23,24)25)15(22)12(3)16(13)26-18(30)27-17;1-2/h7,10-11H,8-9H2,1-6H3,(H,26,27,30);1-2H3. The largest absolute Gasteiger partial charge is 0.444 e. The van der Waals surface area contributed by atoms with E-state index in [0.717, 1.165) is 6.07 Å². The van der Waals surface area contributed by atoms with Crippen molar-refractivity contribution < 1.29 is 22.7 Å². The molecule has 0 saturated carbocycles. The Labute approximate surface area is 202 Å². The zero-order valence-electron chi connectivity index (χ0n) is 20.7. The number of carbonyl (C=O) groups excluding carboxylic acids is 1. The second-order valence-corrected chi connectivity index (χ2v) is 9.52. The second kappa shape index (κ2) is 10.0. The Morgan fingerprint density at radius 2 is 1.71 bits per heavy atom. The highest BCUT2D eigenvalue weighted by Crippen LogP contribution is 2.41. The fourth-order valence-electron chi connectivity index (χ4n) is 4.04. The van der Waals surface area contributed by atoms with Crippen LogP contribution in [0.1, 0.15) is 59.6 Å². The number of halogens is 4. The molecule has 0 aliphatic carbocycles. The van der Waals surface area contributed by atoms with Gasteiger partial charge in [0, 0.05) is 18.5 Å². The maximum Gasteiger partial charge on any atom is 0.417 e. The SMILES string of the molecule is CC.Cc1c(Cl)c(C(F)(F)F)cc2c(N3CC(C)N(C(=O)OC(C)(C)C)C(C)C3)nc(=O)[nH]c12. The minimum atomic E-state index is -4.67. The number of nitrogens with one attached hydrogen (secondary N) is 1. The molecular formula is C23H32ClF3N4O3. The lowest BCUT2D eigenvalue weighted by Crippen LogP contribution is -2.59. The molecule has 190 valence electrons. The molecular weight excluding hydrogens is 473 g/mol. The van der Waals surface area contributed by atoms with Gasteiger partial charge in [0.05, 0.1) is 28.2 Å². The van der Waals surface area contributed by atoms with Crippen molar-refractivity contribution in [1.29, 1.82) is 0 Å². The summed E-state index contributed by atoms with van der Waals surface area (Å²) in [4.78, 5) is 34.7. The van der Waals surface area contributed by atoms with Crippen LogP contribution in [0, 0.1) is 6.92 Å². The van der Waals surface area contributed by atoms with Crippen molar-refractivity contribution in [3.8, 4) is 0 Å². The number of fused-ring (bicyclic) bond motifs is 1. The average molecular weight is 505 g/mol. The van der Waals surface area contributed by atoms with Gasteiger partial charge in [-0.05, 0) is 53.2 Å². The molecule has 0 radical (unpaired) electrons. The molecule has 7 nitrogen and oxygen atoms in total. The monoisotopic (exact) mass is 504 g/mol. The summed E-state index contributed by atoms with van der Waals surface area (Å²) < 4.78 is 46.2. The Bertz CT molecular complexity index is 1100. The number of aryl methyl sites for hydroxylation is 1. The average Bonchev–Trinajstić information content (AvgIpc) is 2.69. The second-order valence-electron chi connectivity index (χ2n) is 9.14. The van der Waals surface area contributed by atoms with Gasteiger partial charge in [-0.3, -0.25) is 4.90 Å². The van der Waals surface area contributed by atoms with Crippen LogP contribution in [0.3, 0.4) is 0 Å². The molecule has 1 aromatic carbocycles. The number of aromatic amines is 1. The van der Waals surface area contributed by atoms with E-state index in [0.29, 0.717) is 0 Å². The summed E-state index contributed by atoms with van der Waals surface area (Å²) in [6, 6.07) is 0.249. The van der Waals surface area contributed by atoms with Gasteiger partial charge in [-0.2, -0.15) is 18.2 Å². The Balaban J connectivity index is 0.00000199. The molecule has 1 N–H and O–H groups in total. The molecule has 0 spiro atoms. The van der Waals surface area contributed by atoms with Gasteiger partial charge in [-0.25, -0.2) is 9.59 Å². The lowest BCUT2D eigenvalue weighted by atomic mass is 10.0. The van der Waals surface area contributed by atoms with Crippen molar-refractivity contribution in [3.63, 3.8) is 0 Å². The number of amides is 1. The Kier molecular flexibility index (Phi) is 8.17. The number of anilines is 1. The zero-order chi connectivity index (χ0) is 26.2. The van der Waals surface area contributed by atoms with Crippen LogP contribution in [0.5, 0.6) is 0 Å². The number of H-pyrrole nitrogens is 1. The van der Waals surface area contributed by atoms with Crippen molar-refractivity contribution in [3.05, 3.63) is 32.7 Å². The summed E-state index contributed by atoms with van der Waals surface area (Å²) in [5.41, 5.74) is -2.03. The van der Waals surface area contributed by atoms with E-state index in [1.807, 2.05) is 27.7 Å². The van der Waals surface area contributed by atoms with Crippen molar-refractivity contribution in [2.45, 2.75) is 79.3 Å². The summed E-state index contributed by atoms with van der Waals surface area (Å²) in [6.07, 6.45) is -5.14. The molecule has 1 aliphatic rings. The number of carbonyl (C=O) groups is 1. The molecule has 0 bridgehead atoms. The minimum absolute atomic E-state index is 0.116. The highest BCUT2D eigenvalue weighted by Gasteiger charge is 2.38. The fraction of sp³-hybridized carbons (Fsp3) is 0.609. The van der Waals surface area contributed by atoms with Gasteiger partial charge < -0.3 is 14.6 Å². The summed E-state index contributed by atoms with van der Waals surface area (Å²) >= 11 is 5.97. The predicted molar refractivity (Wildman–Crippen MR) is 128 cm³/mol. The summed E-state index contributed by atoms with van der Waals surface area (Å²) in [6.45, 7) is 14.9. The topological polar surface area (TPSA) is 78.5 Å². The van der Waals surface area contributed by atoms with E-state index in [4.69, 9.17) is 16.3 Å². The fourth-order valence-corrected chi connectivity index (χ4v) is 4.30. The van der Waals surface area contributed by atoms with Crippen LogP contribution in [0.2, 0.25) is 5.02 Å². The van der Waals surface area contributed by atoms with Crippen molar-refractivity contribution in [2.24, 2.45) is 0 Å². The molecule has 2 atom stereocenters. The number of nitrogens with zero attached hydrogens (tertiary/aromatic N) is 3. The molecule has 1 saturated heterocycles. The third kappa shape index (κ3) is 5.76. The number of alkyl halides is 3. The first-order chi connectivity index (χ1) is 15.6. The van der Waals surface area contributed by atoms with E-state index in [2.05, 4.69) is 9.97 Å². The lowest BCUT2D eigenvalue weighted by molar-refractivity contribution is -0.137. The number of aromatic nitrogens is 2. The number of rotatable bonds is 1.